The predicted octanol–water partition coefficient (Wildman–Crippen LogP) is 7.87. The zero-order valence-corrected chi connectivity index (χ0v) is 38.1. The van der Waals surface area contributed by atoms with E-state index in [0.29, 0.717) is 52.0 Å². The molecule has 1 rings (SSSR count). The molecule has 0 radical (unpaired) electrons. The Morgan fingerprint density at radius 1 is 0.569 bits per heavy atom. The molecule has 14 nitrogen and oxygen atoms in total. The summed E-state index contributed by atoms with van der Waals surface area (Å²) >= 11 is 0. The van der Waals surface area contributed by atoms with E-state index in [1.54, 1.807) is 9.80 Å². The first-order valence-electron chi connectivity index (χ1n) is 21.3. The SMILES string of the molecule is CC(C)(C)OC(=O)NCCCCN(CCCCNCc1ccc(CNCCCCN(CCCC(NC=O)OC(C)(C)C)C(=O)OC(C)(C)C)cc1)C(=O)OC(C)(C)C. The minimum atomic E-state index is -0.584. The molecule has 14 heteroatoms. The van der Waals surface area contributed by atoms with Crippen molar-refractivity contribution in [2.75, 3.05) is 45.8 Å². The molecular weight excluding hydrogens is 741 g/mol. The number of hydrogen-bond donors (Lipinski definition) is 4. The zero-order chi connectivity index (χ0) is 43.8. The van der Waals surface area contributed by atoms with Crippen molar-refractivity contribution in [1.82, 2.24) is 31.1 Å². The Kier molecular flexibility index (Phi) is 23.9. The van der Waals surface area contributed by atoms with Gasteiger partial charge in [0.05, 0.1) is 5.60 Å². The van der Waals surface area contributed by atoms with E-state index in [1.165, 1.54) is 11.1 Å². The molecule has 0 heterocycles. The quantitative estimate of drug-likeness (QED) is 0.0314. The van der Waals surface area contributed by atoms with Gasteiger partial charge in [0.2, 0.25) is 6.41 Å². The van der Waals surface area contributed by atoms with E-state index in [9.17, 15) is 19.2 Å². The van der Waals surface area contributed by atoms with Crippen LogP contribution in [0.2, 0.25) is 0 Å². The fourth-order valence-electron chi connectivity index (χ4n) is 5.67. The van der Waals surface area contributed by atoms with Gasteiger partial charge in [-0.3, -0.25) is 4.79 Å². The van der Waals surface area contributed by atoms with Gasteiger partial charge in [-0.05, 0) is 159 Å². The van der Waals surface area contributed by atoms with Crippen LogP contribution in [0.25, 0.3) is 0 Å². The van der Waals surface area contributed by atoms with Crippen molar-refractivity contribution >= 4 is 24.7 Å². The van der Waals surface area contributed by atoms with Gasteiger partial charge in [-0.1, -0.05) is 24.3 Å². The number of nitrogens with zero attached hydrogens (tertiary/aromatic N) is 2. The van der Waals surface area contributed by atoms with E-state index >= 15 is 0 Å². The Morgan fingerprint density at radius 3 is 1.34 bits per heavy atom. The lowest BCUT2D eigenvalue weighted by Crippen LogP contribution is -2.40. The highest BCUT2D eigenvalue weighted by atomic mass is 16.6. The zero-order valence-electron chi connectivity index (χ0n) is 38.1. The van der Waals surface area contributed by atoms with Crippen LogP contribution in [0.4, 0.5) is 14.4 Å². The summed E-state index contributed by atoms with van der Waals surface area (Å²) < 4.78 is 22.5. The van der Waals surface area contributed by atoms with Gasteiger partial charge >= 0.3 is 18.3 Å². The maximum atomic E-state index is 13.0. The second kappa shape index (κ2) is 26.5. The summed E-state index contributed by atoms with van der Waals surface area (Å²) in [5.74, 6) is 0. The molecule has 0 fully saturated rings. The first-order valence-corrected chi connectivity index (χ1v) is 21.3. The number of carbonyl (C=O) groups is 4. The largest absolute Gasteiger partial charge is 0.444 e. The summed E-state index contributed by atoms with van der Waals surface area (Å²) in [5, 5.41) is 12.5. The molecule has 1 unspecified atom stereocenters. The third kappa shape index (κ3) is 28.7. The Morgan fingerprint density at radius 2 is 0.966 bits per heavy atom. The summed E-state index contributed by atoms with van der Waals surface area (Å²) in [5.41, 5.74) is 0.325. The summed E-state index contributed by atoms with van der Waals surface area (Å²) in [6.45, 7) is 28.5. The lowest BCUT2D eigenvalue weighted by Gasteiger charge is -2.29. The fourth-order valence-corrected chi connectivity index (χ4v) is 5.67. The topological polar surface area (TPSA) is 160 Å². The highest BCUT2D eigenvalue weighted by Gasteiger charge is 2.24. The van der Waals surface area contributed by atoms with E-state index in [2.05, 4.69) is 45.5 Å². The van der Waals surface area contributed by atoms with Crippen LogP contribution in [0.15, 0.2) is 24.3 Å². The number of carbonyl (C=O) groups excluding carboxylic acids is 4. The molecule has 0 saturated carbocycles. The first-order chi connectivity index (χ1) is 27.0. The van der Waals surface area contributed by atoms with Gasteiger partial charge < -0.3 is 50.0 Å². The molecule has 1 atom stereocenters. The lowest BCUT2D eigenvalue weighted by atomic mass is 10.1. The normalized spacial score (nSPS) is 12.7. The van der Waals surface area contributed by atoms with Crippen LogP contribution in [0.3, 0.4) is 0 Å². The third-order valence-electron chi connectivity index (χ3n) is 8.21. The number of hydrogen-bond acceptors (Lipinski definition) is 10. The van der Waals surface area contributed by atoms with E-state index in [4.69, 9.17) is 18.9 Å². The highest BCUT2D eigenvalue weighted by Crippen LogP contribution is 2.16. The molecule has 4 N–H and O–H groups in total. The van der Waals surface area contributed by atoms with E-state index < -0.39 is 34.7 Å². The maximum Gasteiger partial charge on any atom is 0.410 e. The fraction of sp³-hybridized carbons (Fsp3) is 0.773. The molecule has 4 amide bonds. The number of alkyl carbamates (subject to hydrolysis) is 1. The molecule has 0 aliphatic heterocycles. The summed E-state index contributed by atoms with van der Waals surface area (Å²) in [4.78, 5) is 52.3. The minimum absolute atomic E-state index is 0.311. The van der Waals surface area contributed by atoms with Gasteiger partial charge in [0.1, 0.15) is 23.0 Å². The molecule has 334 valence electrons. The number of ether oxygens (including phenoxy) is 4. The molecule has 0 saturated heterocycles. The highest BCUT2D eigenvalue weighted by molar-refractivity contribution is 5.68. The van der Waals surface area contributed by atoms with Crippen LogP contribution in [0.5, 0.6) is 0 Å². The molecule has 0 aliphatic carbocycles. The smallest absolute Gasteiger partial charge is 0.410 e. The van der Waals surface area contributed by atoms with E-state index in [0.717, 1.165) is 64.7 Å². The van der Waals surface area contributed by atoms with Gasteiger partial charge in [-0.15, -0.1) is 0 Å². The van der Waals surface area contributed by atoms with Crippen molar-refractivity contribution in [3.8, 4) is 0 Å². The molecule has 0 aliphatic rings. The number of rotatable bonds is 26. The Labute approximate surface area is 350 Å². The average Bonchev–Trinajstić information content (AvgIpc) is 3.07. The van der Waals surface area contributed by atoms with Gasteiger partial charge in [-0.2, -0.15) is 0 Å². The van der Waals surface area contributed by atoms with Crippen molar-refractivity contribution in [1.29, 1.82) is 0 Å². The monoisotopic (exact) mass is 821 g/mol. The van der Waals surface area contributed by atoms with Gasteiger partial charge in [0, 0.05) is 45.8 Å². The maximum absolute atomic E-state index is 13.0. The predicted molar refractivity (Wildman–Crippen MR) is 230 cm³/mol. The summed E-state index contributed by atoms with van der Waals surface area (Å²) in [6.07, 6.45) is 5.40. The number of amides is 4. The molecule has 1 aromatic carbocycles. The second-order valence-corrected chi connectivity index (χ2v) is 18.8. The molecule has 0 spiro atoms. The summed E-state index contributed by atoms with van der Waals surface area (Å²) in [7, 11) is 0. The van der Waals surface area contributed by atoms with E-state index in [-0.39, 0.29) is 12.2 Å². The van der Waals surface area contributed by atoms with Crippen LogP contribution in [-0.4, -0.2) is 109 Å². The molecule has 58 heavy (non-hydrogen) atoms. The van der Waals surface area contributed by atoms with Crippen molar-refractivity contribution in [3.05, 3.63) is 35.4 Å². The molecule has 0 bridgehead atoms. The minimum Gasteiger partial charge on any atom is -0.444 e. The van der Waals surface area contributed by atoms with Crippen molar-refractivity contribution < 1.29 is 38.1 Å². The van der Waals surface area contributed by atoms with Crippen molar-refractivity contribution in [2.45, 2.75) is 176 Å². The van der Waals surface area contributed by atoms with Crippen LogP contribution < -0.4 is 21.3 Å². The van der Waals surface area contributed by atoms with Gasteiger partial charge in [-0.25, -0.2) is 14.4 Å². The number of benzene rings is 1. The number of unbranched alkanes of at least 4 members (excludes halogenated alkanes) is 3. The molecular formula is C44H80N6O8. The van der Waals surface area contributed by atoms with E-state index in [1.807, 2.05) is 83.1 Å². The Hall–Kier alpha value is -3.62. The standard InChI is InChI=1S/C44H80N6O8/c1-41(2,3)55-37(48-34-51)20-19-31-50(40(54)58-44(10,11)12)29-17-14-26-46-33-36-23-21-35(22-24-36)32-45-25-13-16-28-49(39(53)57-43(7,8)9)30-18-15-27-47-38(52)56-42(4,5)6/h21-24,34,37,45-46H,13-20,25-33H2,1-12H3,(H,47,52)(H,48,51). The Balaban J connectivity index is 2.42. The van der Waals surface area contributed by atoms with Crippen LogP contribution in [0, 0.1) is 0 Å². The van der Waals surface area contributed by atoms with Crippen LogP contribution in [-0.2, 0) is 36.8 Å². The van der Waals surface area contributed by atoms with Crippen molar-refractivity contribution in [2.24, 2.45) is 0 Å². The second-order valence-electron chi connectivity index (χ2n) is 18.8. The Bertz CT molecular complexity index is 1320. The number of nitrogens with one attached hydrogen (secondary N) is 4. The first kappa shape index (κ1) is 52.4. The average molecular weight is 821 g/mol. The van der Waals surface area contributed by atoms with Crippen LogP contribution >= 0.6 is 0 Å². The van der Waals surface area contributed by atoms with Crippen molar-refractivity contribution in [3.63, 3.8) is 0 Å². The lowest BCUT2D eigenvalue weighted by molar-refractivity contribution is -0.120. The van der Waals surface area contributed by atoms with Gasteiger partial charge in [0.15, 0.2) is 0 Å². The van der Waals surface area contributed by atoms with Crippen LogP contribution in [0.1, 0.15) is 146 Å². The summed E-state index contributed by atoms with van der Waals surface area (Å²) in [6, 6.07) is 8.58. The third-order valence-corrected chi connectivity index (χ3v) is 8.21. The molecule has 0 aromatic heterocycles. The van der Waals surface area contributed by atoms with Gasteiger partial charge in [0.25, 0.3) is 0 Å². The molecule has 1 aromatic rings.